The minimum atomic E-state index is -0.715. The van der Waals surface area contributed by atoms with E-state index in [0.717, 1.165) is 71.3 Å². The molecule has 3 aromatic carbocycles. The zero-order chi connectivity index (χ0) is 29.9. The SMILES string of the molecule is CCC(C)/C=N\N=C(/C)C1(NC)c2ccc(C3CN3)c(c2)CCCc2cccc(c2)/C(=C/C(C)=O)c2cc1ccc2C. The average molecular weight is 561 g/mol. The van der Waals surface area contributed by atoms with E-state index in [2.05, 4.69) is 104 Å². The first-order valence-corrected chi connectivity index (χ1v) is 15.3. The predicted octanol–water partition coefficient (Wildman–Crippen LogP) is 7.10. The van der Waals surface area contributed by atoms with Crippen LogP contribution in [0.2, 0.25) is 0 Å². The van der Waals surface area contributed by atoms with Gasteiger partial charge >= 0.3 is 0 Å². The maximum absolute atomic E-state index is 12.6. The van der Waals surface area contributed by atoms with Gasteiger partial charge in [-0.15, -0.1) is 0 Å². The van der Waals surface area contributed by atoms with Crippen molar-refractivity contribution in [2.45, 2.75) is 71.9 Å². The first kappa shape index (κ1) is 29.8. The maximum atomic E-state index is 12.6. The van der Waals surface area contributed by atoms with Crippen LogP contribution in [0.5, 0.6) is 0 Å². The van der Waals surface area contributed by atoms with E-state index in [4.69, 9.17) is 5.10 Å². The minimum Gasteiger partial charge on any atom is -0.307 e. The summed E-state index contributed by atoms with van der Waals surface area (Å²) in [5, 5.41) is 16.6. The molecule has 2 aliphatic rings. The zero-order valence-corrected chi connectivity index (χ0v) is 25.9. The lowest BCUT2D eigenvalue weighted by molar-refractivity contribution is -0.112. The van der Waals surface area contributed by atoms with Crippen molar-refractivity contribution < 1.29 is 4.79 Å². The smallest absolute Gasteiger partial charge is 0.153 e. The molecule has 42 heavy (non-hydrogen) atoms. The molecule has 5 rings (SSSR count). The van der Waals surface area contributed by atoms with Crippen LogP contribution in [0.1, 0.15) is 91.1 Å². The third-order valence-corrected chi connectivity index (χ3v) is 8.91. The summed E-state index contributed by atoms with van der Waals surface area (Å²) in [6.07, 6.45) is 7.74. The van der Waals surface area contributed by atoms with Crippen molar-refractivity contribution in [1.29, 1.82) is 0 Å². The Morgan fingerprint density at radius 2 is 1.86 bits per heavy atom. The van der Waals surface area contributed by atoms with Gasteiger partial charge < -0.3 is 10.6 Å². The fourth-order valence-corrected chi connectivity index (χ4v) is 6.19. The van der Waals surface area contributed by atoms with Crippen LogP contribution in [-0.2, 0) is 23.2 Å². The molecule has 1 aliphatic carbocycles. The quantitative estimate of drug-likeness (QED) is 0.140. The number of hydrogen-bond acceptors (Lipinski definition) is 5. The number of benzene rings is 3. The minimum absolute atomic E-state index is 0.0345. The van der Waals surface area contributed by atoms with Gasteiger partial charge in [-0.1, -0.05) is 68.4 Å². The van der Waals surface area contributed by atoms with Crippen LogP contribution in [-0.4, -0.2) is 31.3 Å². The second-order valence-corrected chi connectivity index (χ2v) is 12.0. The van der Waals surface area contributed by atoms with E-state index in [0.29, 0.717) is 12.0 Å². The molecule has 2 N–H and O–H groups in total. The van der Waals surface area contributed by atoms with Crippen molar-refractivity contribution in [3.8, 4) is 0 Å². The van der Waals surface area contributed by atoms with Gasteiger partial charge in [-0.25, -0.2) is 0 Å². The van der Waals surface area contributed by atoms with Gasteiger partial charge in [-0.2, -0.15) is 10.2 Å². The van der Waals surface area contributed by atoms with Crippen LogP contribution in [0.4, 0.5) is 0 Å². The number of rotatable bonds is 7. The molecular weight excluding hydrogens is 516 g/mol. The third-order valence-electron chi connectivity index (χ3n) is 8.91. The molecule has 3 atom stereocenters. The molecule has 3 unspecified atom stereocenters. The zero-order valence-electron chi connectivity index (χ0n) is 25.9. The highest BCUT2D eigenvalue weighted by molar-refractivity contribution is 6.00. The van der Waals surface area contributed by atoms with E-state index in [1.807, 2.05) is 13.3 Å². The van der Waals surface area contributed by atoms with Crippen molar-refractivity contribution in [2.75, 3.05) is 13.6 Å². The lowest BCUT2D eigenvalue weighted by atomic mass is 9.76. The summed E-state index contributed by atoms with van der Waals surface area (Å²) in [5.74, 6) is 0.390. The summed E-state index contributed by atoms with van der Waals surface area (Å²) in [5.41, 5.74) is 10.6. The summed E-state index contributed by atoms with van der Waals surface area (Å²) >= 11 is 0. The molecule has 0 radical (unpaired) electrons. The van der Waals surface area contributed by atoms with E-state index in [1.165, 1.54) is 16.7 Å². The highest BCUT2D eigenvalue weighted by atomic mass is 16.1. The normalized spacial score (nSPS) is 22.2. The van der Waals surface area contributed by atoms with E-state index in [1.54, 1.807) is 13.0 Å². The van der Waals surface area contributed by atoms with Gasteiger partial charge in [0.05, 0.1) is 5.71 Å². The van der Waals surface area contributed by atoms with Crippen molar-refractivity contribution >= 4 is 23.3 Å². The molecule has 3 aromatic rings. The molecular formula is C37H44N4O. The van der Waals surface area contributed by atoms with Gasteiger partial charge in [0.2, 0.25) is 0 Å². The second-order valence-electron chi connectivity index (χ2n) is 12.0. The number of fused-ring (bicyclic) bond motifs is 6. The van der Waals surface area contributed by atoms with E-state index in [9.17, 15) is 4.79 Å². The number of ketones is 1. The lowest BCUT2D eigenvalue weighted by Crippen LogP contribution is -2.47. The molecule has 5 heteroatoms. The van der Waals surface area contributed by atoms with Crippen molar-refractivity contribution in [1.82, 2.24) is 10.6 Å². The third kappa shape index (κ3) is 6.08. The Morgan fingerprint density at radius 1 is 1.10 bits per heavy atom. The number of nitrogens with zero attached hydrogens (tertiary/aromatic N) is 2. The Kier molecular flexibility index (Phi) is 9.00. The highest BCUT2D eigenvalue weighted by Gasteiger charge is 2.38. The lowest BCUT2D eigenvalue weighted by Gasteiger charge is -2.36. The summed E-state index contributed by atoms with van der Waals surface area (Å²) in [6, 6.07) is 22.7. The Balaban J connectivity index is 1.81. The van der Waals surface area contributed by atoms with Crippen LogP contribution in [0.25, 0.3) is 5.57 Å². The molecule has 1 heterocycles. The number of carbonyl (C=O) groups excluding carboxylic acids is 1. The van der Waals surface area contributed by atoms with Crippen LogP contribution >= 0.6 is 0 Å². The largest absolute Gasteiger partial charge is 0.307 e. The molecule has 0 amide bonds. The first-order chi connectivity index (χ1) is 20.3. The van der Waals surface area contributed by atoms with Crippen molar-refractivity contribution in [3.63, 3.8) is 0 Å². The topological polar surface area (TPSA) is 75.8 Å². The highest BCUT2D eigenvalue weighted by Crippen LogP contribution is 2.38. The van der Waals surface area contributed by atoms with Gasteiger partial charge in [-0.05, 0) is 122 Å². The van der Waals surface area contributed by atoms with E-state index >= 15 is 0 Å². The molecule has 0 spiro atoms. The molecule has 6 bridgehead atoms. The molecule has 1 saturated heterocycles. The van der Waals surface area contributed by atoms with Crippen LogP contribution in [0.15, 0.2) is 76.9 Å². The number of carbonyl (C=O) groups is 1. The standard InChI is InChI=1S/C37H44N4O/c1-7-24(2)22-40-41-27(5)37(38-6)31-16-17-33(36-23-39-36)30(20-31)13-9-11-28-10-8-12-29(19-28)35(18-26(4)42)34-21-32(37)15-14-25(34)3/h8,10,12,14-22,24,36,38-39H,7,9,11,13,23H2,1-6H3/b35-18-,40-22-,41-27+. The van der Waals surface area contributed by atoms with Crippen LogP contribution in [0.3, 0.4) is 0 Å². The molecule has 1 fully saturated rings. The van der Waals surface area contributed by atoms with Gasteiger partial charge in [0, 0.05) is 18.8 Å². The van der Waals surface area contributed by atoms with Gasteiger partial charge in [-0.3, -0.25) is 4.79 Å². The second kappa shape index (κ2) is 12.7. The summed E-state index contributed by atoms with van der Waals surface area (Å²) < 4.78 is 0. The van der Waals surface area contributed by atoms with Gasteiger partial charge in [0.1, 0.15) is 5.54 Å². The molecule has 218 valence electrons. The van der Waals surface area contributed by atoms with Gasteiger partial charge in [0.15, 0.2) is 5.78 Å². The Hall–Kier alpha value is -3.67. The summed E-state index contributed by atoms with van der Waals surface area (Å²) in [7, 11) is 2.01. The molecule has 0 saturated carbocycles. The summed E-state index contributed by atoms with van der Waals surface area (Å²) in [4.78, 5) is 12.6. The maximum Gasteiger partial charge on any atom is 0.153 e. The van der Waals surface area contributed by atoms with Crippen molar-refractivity contribution in [3.05, 3.63) is 111 Å². The Morgan fingerprint density at radius 3 is 2.57 bits per heavy atom. The average Bonchev–Trinajstić information content (AvgIpc) is 3.83. The van der Waals surface area contributed by atoms with E-state index < -0.39 is 5.54 Å². The Labute approximate surface area is 251 Å². The number of aryl methyl sites for hydroxylation is 3. The fourth-order valence-electron chi connectivity index (χ4n) is 6.19. The molecule has 0 aromatic heterocycles. The molecule has 1 aliphatic heterocycles. The predicted molar refractivity (Wildman–Crippen MR) is 175 cm³/mol. The Bertz CT molecular complexity index is 1560. The van der Waals surface area contributed by atoms with Crippen molar-refractivity contribution in [2.24, 2.45) is 16.1 Å². The van der Waals surface area contributed by atoms with E-state index in [-0.39, 0.29) is 5.78 Å². The number of hydrogen-bond donors (Lipinski definition) is 2. The summed E-state index contributed by atoms with van der Waals surface area (Å²) in [6.45, 7) is 11.2. The molecule has 5 nitrogen and oxygen atoms in total. The number of nitrogens with one attached hydrogen (secondary N) is 2. The fraction of sp³-hybridized carbons (Fsp3) is 0.378. The first-order valence-electron chi connectivity index (χ1n) is 15.3. The van der Waals surface area contributed by atoms with Gasteiger partial charge in [0.25, 0.3) is 0 Å². The van der Waals surface area contributed by atoms with Crippen LogP contribution < -0.4 is 10.6 Å². The number of allylic oxidation sites excluding steroid dienone is 1. The monoisotopic (exact) mass is 560 g/mol. The van der Waals surface area contributed by atoms with Crippen LogP contribution in [0, 0.1) is 12.8 Å².